The highest BCUT2D eigenvalue weighted by atomic mass is 32.1. The van der Waals surface area contributed by atoms with Crippen molar-refractivity contribution in [1.82, 2.24) is 9.88 Å². The van der Waals surface area contributed by atoms with Crippen molar-refractivity contribution in [2.45, 2.75) is 44.6 Å². The Kier molecular flexibility index (Phi) is 4.29. The Labute approximate surface area is 125 Å². The molecule has 1 saturated heterocycles. The number of thiazole rings is 1. The molecule has 0 aromatic carbocycles. The number of piperazine rings is 1. The van der Waals surface area contributed by atoms with E-state index in [0.29, 0.717) is 0 Å². The maximum Gasteiger partial charge on any atom is 0.185 e. The molecular weight excluding hydrogens is 270 g/mol. The van der Waals surface area contributed by atoms with Crippen molar-refractivity contribution >= 4 is 16.5 Å². The van der Waals surface area contributed by atoms with Crippen molar-refractivity contribution in [3.8, 4) is 0 Å². The first-order chi connectivity index (χ1) is 9.65. The lowest BCUT2D eigenvalue weighted by atomic mass is 9.84. The van der Waals surface area contributed by atoms with Crippen LogP contribution in [0.4, 0.5) is 5.13 Å². The molecule has 1 saturated carbocycles. The summed E-state index contributed by atoms with van der Waals surface area (Å²) in [5.74, 6) is 0. The molecule has 112 valence electrons. The molecule has 1 aromatic heterocycles. The number of aliphatic hydroxyl groups is 1. The van der Waals surface area contributed by atoms with E-state index in [4.69, 9.17) is 0 Å². The van der Waals surface area contributed by atoms with E-state index in [1.54, 1.807) is 11.3 Å². The first-order valence-corrected chi connectivity index (χ1v) is 8.64. The van der Waals surface area contributed by atoms with Gasteiger partial charge in [0.15, 0.2) is 5.13 Å². The second-order valence-electron chi connectivity index (χ2n) is 6.32. The predicted octanol–water partition coefficient (Wildman–Crippen LogP) is 2.27. The van der Waals surface area contributed by atoms with E-state index in [0.717, 1.165) is 56.4 Å². The fourth-order valence-corrected chi connectivity index (χ4v) is 4.23. The standard InChI is InChI=1S/C15H25N3OS/c1-13-11-20-14(16-13)18-9-7-17(8-10-18)12-15(19)5-3-2-4-6-15/h11,19H,2-10,12H2,1H3. The lowest BCUT2D eigenvalue weighted by molar-refractivity contribution is -0.0271. The molecule has 2 fully saturated rings. The van der Waals surface area contributed by atoms with Crippen molar-refractivity contribution in [2.24, 2.45) is 0 Å². The molecule has 1 aromatic rings. The highest BCUT2D eigenvalue weighted by Crippen LogP contribution is 2.29. The van der Waals surface area contributed by atoms with E-state index >= 15 is 0 Å². The van der Waals surface area contributed by atoms with Gasteiger partial charge in [-0.25, -0.2) is 4.98 Å². The van der Waals surface area contributed by atoms with Crippen LogP contribution in [-0.2, 0) is 0 Å². The summed E-state index contributed by atoms with van der Waals surface area (Å²) in [5.41, 5.74) is 0.696. The predicted molar refractivity (Wildman–Crippen MR) is 83.5 cm³/mol. The Morgan fingerprint density at radius 3 is 2.50 bits per heavy atom. The summed E-state index contributed by atoms with van der Waals surface area (Å²) in [6, 6.07) is 0. The van der Waals surface area contributed by atoms with Crippen LogP contribution in [0.15, 0.2) is 5.38 Å². The van der Waals surface area contributed by atoms with Gasteiger partial charge in [-0.3, -0.25) is 4.90 Å². The van der Waals surface area contributed by atoms with Gasteiger partial charge in [0.1, 0.15) is 0 Å². The molecule has 0 bridgehead atoms. The Morgan fingerprint density at radius 2 is 1.90 bits per heavy atom. The first-order valence-electron chi connectivity index (χ1n) is 7.76. The number of β-amino-alcohol motifs (C(OH)–C–C–N with tert-alkyl or cyclic N) is 1. The summed E-state index contributed by atoms with van der Waals surface area (Å²) in [6.07, 6.45) is 5.64. The van der Waals surface area contributed by atoms with E-state index < -0.39 is 5.60 Å². The number of anilines is 1. The number of hydrogen-bond acceptors (Lipinski definition) is 5. The van der Waals surface area contributed by atoms with Crippen LogP contribution in [0.1, 0.15) is 37.8 Å². The molecule has 0 spiro atoms. The zero-order chi connectivity index (χ0) is 14.0. The Hall–Kier alpha value is -0.650. The Morgan fingerprint density at radius 1 is 1.20 bits per heavy atom. The molecule has 4 nitrogen and oxygen atoms in total. The average Bonchev–Trinajstić information content (AvgIpc) is 2.87. The maximum absolute atomic E-state index is 10.6. The molecule has 1 aliphatic heterocycles. The molecule has 2 aliphatic rings. The van der Waals surface area contributed by atoms with E-state index in [-0.39, 0.29) is 0 Å². The molecule has 0 atom stereocenters. The van der Waals surface area contributed by atoms with Crippen LogP contribution in [0, 0.1) is 6.92 Å². The highest BCUT2D eigenvalue weighted by Gasteiger charge is 2.32. The summed E-state index contributed by atoms with van der Waals surface area (Å²) in [4.78, 5) is 9.37. The van der Waals surface area contributed by atoms with Gasteiger partial charge in [0.2, 0.25) is 0 Å². The van der Waals surface area contributed by atoms with Crippen molar-refractivity contribution in [3.05, 3.63) is 11.1 Å². The molecular formula is C15H25N3OS. The largest absolute Gasteiger partial charge is 0.389 e. The third kappa shape index (κ3) is 3.32. The van der Waals surface area contributed by atoms with Crippen LogP contribution in [0.5, 0.6) is 0 Å². The monoisotopic (exact) mass is 295 g/mol. The van der Waals surface area contributed by atoms with Gasteiger partial charge in [-0.15, -0.1) is 11.3 Å². The van der Waals surface area contributed by atoms with Gasteiger partial charge in [-0.1, -0.05) is 19.3 Å². The molecule has 2 heterocycles. The van der Waals surface area contributed by atoms with Crippen molar-refractivity contribution in [1.29, 1.82) is 0 Å². The van der Waals surface area contributed by atoms with Gasteiger partial charge < -0.3 is 10.0 Å². The summed E-state index contributed by atoms with van der Waals surface area (Å²) in [5, 5.41) is 13.9. The molecule has 1 aliphatic carbocycles. The van der Waals surface area contributed by atoms with Crippen LogP contribution in [-0.4, -0.2) is 53.3 Å². The van der Waals surface area contributed by atoms with Crippen LogP contribution in [0.3, 0.4) is 0 Å². The summed E-state index contributed by atoms with van der Waals surface area (Å²) in [6.45, 7) is 7.06. The molecule has 0 unspecified atom stereocenters. The van der Waals surface area contributed by atoms with E-state index in [1.165, 1.54) is 19.3 Å². The highest BCUT2D eigenvalue weighted by molar-refractivity contribution is 7.13. The van der Waals surface area contributed by atoms with Gasteiger partial charge in [0.05, 0.1) is 11.3 Å². The maximum atomic E-state index is 10.6. The molecule has 0 radical (unpaired) electrons. The Bertz CT molecular complexity index is 434. The molecule has 20 heavy (non-hydrogen) atoms. The number of aromatic nitrogens is 1. The number of rotatable bonds is 3. The van der Waals surface area contributed by atoms with Crippen molar-refractivity contribution < 1.29 is 5.11 Å². The van der Waals surface area contributed by atoms with E-state index in [9.17, 15) is 5.11 Å². The normalized spacial score (nSPS) is 24.0. The van der Waals surface area contributed by atoms with Crippen molar-refractivity contribution in [3.63, 3.8) is 0 Å². The average molecular weight is 295 g/mol. The van der Waals surface area contributed by atoms with Gasteiger partial charge >= 0.3 is 0 Å². The van der Waals surface area contributed by atoms with Crippen LogP contribution in [0.25, 0.3) is 0 Å². The van der Waals surface area contributed by atoms with Crippen LogP contribution >= 0.6 is 11.3 Å². The first kappa shape index (κ1) is 14.3. The minimum absolute atomic E-state index is 0.418. The lowest BCUT2D eigenvalue weighted by Crippen LogP contribution is -2.52. The SMILES string of the molecule is Cc1csc(N2CCN(CC3(O)CCCCC3)CC2)n1. The fraction of sp³-hybridized carbons (Fsp3) is 0.800. The van der Waals surface area contributed by atoms with Gasteiger partial charge in [0, 0.05) is 38.1 Å². The van der Waals surface area contributed by atoms with Crippen LogP contribution < -0.4 is 4.90 Å². The van der Waals surface area contributed by atoms with Gasteiger partial charge in [-0.2, -0.15) is 0 Å². The molecule has 3 rings (SSSR count). The summed E-state index contributed by atoms with van der Waals surface area (Å²) >= 11 is 1.74. The second-order valence-corrected chi connectivity index (χ2v) is 7.16. The van der Waals surface area contributed by atoms with E-state index in [1.807, 2.05) is 0 Å². The second kappa shape index (κ2) is 6.00. The summed E-state index contributed by atoms with van der Waals surface area (Å²) in [7, 11) is 0. The lowest BCUT2D eigenvalue weighted by Gasteiger charge is -2.41. The molecule has 5 heteroatoms. The zero-order valence-corrected chi connectivity index (χ0v) is 13.2. The number of aryl methyl sites for hydroxylation is 1. The summed E-state index contributed by atoms with van der Waals surface area (Å²) < 4.78 is 0. The van der Waals surface area contributed by atoms with E-state index in [2.05, 4.69) is 27.1 Å². The minimum atomic E-state index is -0.418. The third-order valence-electron chi connectivity index (χ3n) is 4.55. The van der Waals surface area contributed by atoms with Gasteiger partial charge in [0.25, 0.3) is 0 Å². The number of hydrogen-bond donors (Lipinski definition) is 1. The topological polar surface area (TPSA) is 39.6 Å². The van der Waals surface area contributed by atoms with Crippen LogP contribution in [0.2, 0.25) is 0 Å². The zero-order valence-electron chi connectivity index (χ0n) is 12.3. The smallest absolute Gasteiger partial charge is 0.185 e. The fourth-order valence-electron chi connectivity index (χ4n) is 3.37. The van der Waals surface area contributed by atoms with Crippen molar-refractivity contribution in [2.75, 3.05) is 37.6 Å². The molecule has 1 N–H and O–H groups in total. The third-order valence-corrected chi connectivity index (χ3v) is 5.57. The number of nitrogens with zero attached hydrogens (tertiary/aromatic N) is 3. The Balaban J connectivity index is 1.51. The molecule has 0 amide bonds. The minimum Gasteiger partial charge on any atom is -0.389 e. The van der Waals surface area contributed by atoms with Gasteiger partial charge in [-0.05, 0) is 19.8 Å². The quantitative estimate of drug-likeness (QED) is 0.928.